The Bertz CT molecular complexity index is 322. The van der Waals surface area contributed by atoms with Crippen LogP contribution in [-0.2, 0) is 9.59 Å². The van der Waals surface area contributed by atoms with Gasteiger partial charge in [-0.05, 0) is 37.5 Å². The van der Waals surface area contributed by atoms with Gasteiger partial charge in [0.25, 0.3) is 0 Å². The molecule has 1 saturated heterocycles. The van der Waals surface area contributed by atoms with E-state index in [0.29, 0.717) is 12.3 Å². The van der Waals surface area contributed by atoms with Gasteiger partial charge in [0, 0.05) is 12.3 Å². The fourth-order valence-electron chi connectivity index (χ4n) is 3.02. The van der Waals surface area contributed by atoms with Crippen LogP contribution in [-0.4, -0.2) is 11.8 Å². The van der Waals surface area contributed by atoms with Gasteiger partial charge in [0.1, 0.15) is 0 Å². The van der Waals surface area contributed by atoms with Gasteiger partial charge >= 0.3 is 0 Å². The zero-order valence-corrected chi connectivity index (χ0v) is 9.74. The number of rotatable bonds is 2. The van der Waals surface area contributed by atoms with Crippen LogP contribution >= 0.6 is 0 Å². The standard InChI is InChI=1S/C13H19NO2/c1-2-10-11(8-12(15)14-13(10)16)9-6-4-3-5-7-9/h3-4,9-11H,2,5-8H2,1H3,(H,14,15,16). The fraction of sp³-hybridized carbons (Fsp3) is 0.692. The van der Waals surface area contributed by atoms with Crippen LogP contribution < -0.4 is 5.32 Å². The van der Waals surface area contributed by atoms with E-state index in [1.165, 1.54) is 0 Å². The molecule has 0 radical (unpaired) electrons. The predicted octanol–water partition coefficient (Wildman–Crippen LogP) is 2.03. The molecular weight excluding hydrogens is 202 g/mol. The van der Waals surface area contributed by atoms with Crippen LogP contribution in [0.5, 0.6) is 0 Å². The van der Waals surface area contributed by atoms with E-state index in [4.69, 9.17) is 0 Å². The molecule has 0 aromatic carbocycles. The molecule has 1 heterocycles. The van der Waals surface area contributed by atoms with Gasteiger partial charge in [-0.25, -0.2) is 0 Å². The van der Waals surface area contributed by atoms with E-state index in [9.17, 15) is 9.59 Å². The normalized spacial score (nSPS) is 34.9. The van der Waals surface area contributed by atoms with Crippen molar-refractivity contribution in [3.05, 3.63) is 12.2 Å². The minimum Gasteiger partial charge on any atom is -0.296 e. The number of carbonyl (C=O) groups is 2. The van der Waals surface area contributed by atoms with E-state index in [2.05, 4.69) is 17.5 Å². The Kier molecular flexibility index (Phi) is 3.42. The molecule has 3 nitrogen and oxygen atoms in total. The predicted molar refractivity (Wildman–Crippen MR) is 61.5 cm³/mol. The monoisotopic (exact) mass is 221 g/mol. The summed E-state index contributed by atoms with van der Waals surface area (Å²) >= 11 is 0. The Morgan fingerprint density at radius 2 is 2.19 bits per heavy atom. The Balaban J connectivity index is 2.12. The van der Waals surface area contributed by atoms with Crippen molar-refractivity contribution in [2.45, 2.75) is 39.0 Å². The van der Waals surface area contributed by atoms with Crippen LogP contribution in [0, 0.1) is 17.8 Å². The maximum Gasteiger partial charge on any atom is 0.229 e. The molecule has 0 aromatic rings. The summed E-state index contributed by atoms with van der Waals surface area (Å²) in [5.41, 5.74) is 0. The number of carbonyl (C=O) groups excluding carboxylic acids is 2. The third kappa shape index (κ3) is 2.18. The van der Waals surface area contributed by atoms with Crippen molar-refractivity contribution in [1.29, 1.82) is 0 Å². The average molecular weight is 221 g/mol. The van der Waals surface area contributed by atoms with Crippen molar-refractivity contribution in [3.8, 4) is 0 Å². The molecule has 1 N–H and O–H groups in total. The second-order valence-corrected chi connectivity index (χ2v) is 4.84. The van der Waals surface area contributed by atoms with Crippen molar-refractivity contribution in [2.75, 3.05) is 0 Å². The van der Waals surface area contributed by atoms with Gasteiger partial charge in [-0.15, -0.1) is 0 Å². The van der Waals surface area contributed by atoms with Gasteiger partial charge in [0.2, 0.25) is 11.8 Å². The van der Waals surface area contributed by atoms with Gasteiger partial charge < -0.3 is 0 Å². The van der Waals surface area contributed by atoms with E-state index in [0.717, 1.165) is 25.7 Å². The highest BCUT2D eigenvalue weighted by atomic mass is 16.2. The molecule has 1 aliphatic heterocycles. The first-order chi connectivity index (χ1) is 7.72. The van der Waals surface area contributed by atoms with E-state index >= 15 is 0 Å². The fourth-order valence-corrected chi connectivity index (χ4v) is 3.02. The summed E-state index contributed by atoms with van der Waals surface area (Å²) in [6.07, 6.45) is 9.00. The molecule has 0 aromatic heterocycles. The van der Waals surface area contributed by atoms with E-state index < -0.39 is 0 Å². The lowest BCUT2D eigenvalue weighted by molar-refractivity contribution is -0.140. The summed E-state index contributed by atoms with van der Waals surface area (Å²) in [6.45, 7) is 2.03. The number of imide groups is 1. The lowest BCUT2D eigenvalue weighted by Gasteiger charge is -2.36. The smallest absolute Gasteiger partial charge is 0.229 e. The van der Waals surface area contributed by atoms with Crippen LogP contribution in [0.15, 0.2) is 12.2 Å². The molecule has 2 amide bonds. The molecule has 3 unspecified atom stereocenters. The van der Waals surface area contributed by atoms with Crippen molar-refractivity contribution in [2.24, 2.45) is 17.8 Å². The number of nitrogens with one attached hydrogen (secondary N) is 1. The molecule has 88 valence electrons. The highest BCUT2D eigenvalue weighted by Crippen LogP contribution is 2.36. The van der Waals surface area contributed by atoms with Crippen LogP contribution in [0.1, 0.15) is 39.0 Å². The first kappa shape index (κ1) is 11.4. The minimum atomic E-state index is -0.0887. The molecule has 3 atom stereocenters. The molecule has 16 heavy (non-hydrogen) atoms. The summed E-state index contributed by atoms with van der Waals surface area (Å²) in [4.78, 5) is 23.2. The van der Waals surface area contributed by atoms with Gasteiger partial charge in [0.05, 0.1) is 0 Å². The van der Waals surface area contributed by atoms with Crippen molar-refractivity contribution in [3.63, 3.8) is 0 Å². The molecule has 2 rings (SSSR count). The number of amides is 2. The third-order valence-corrected chi connectivity index (χ3v) is 3.89. The second-order valence-electron chi connectivity index (χ2n) is 4.84. The summed E-state index contributed by atoms with van der Waals surface area (Å²) in [5, 5.41) is 2.45. The van der Waals surface area contributed by atoms with Crippen LogP contribution in [0.2, 0.25) is 0 Å². The Labute approximate surface area is 96.3 Å². The molecule has 0 bridgehead atoms. The highest BCUT2D eigenvalue weighted by molar-refractivity contribution is 5.99. The third-order valence-electron chi connectivity index (χ3n) is 3.89. The Hall–Kier alpha value is -1.12. The molecule has 2 aliphatic rings. The van der Waals surface area contributed by atoms with Crippen LogP contribution in [0.3, 0.4) is 0 Å². The maximum absolute atomic E-state index is 11.7. The number of piperidine rings is 1. The minimum absolute atomic E-state index is 0.0363. The van der Waals surface area contributed by atoms with Crippen molar-refractivity contribution < 1.29 is 9.59 Å². The first-order valence-corrected chi connectivity index (χ1v) is 6.21. The topological polar surface area (TPSA) is 46.2 Å². The molecule has 1 fully saturated rings. The molecule has 3 heteroatoms. The van der Waals surface area contributed by atoms with Crippen molar-refractivity contribution >= 4 is 11.8 Å². The summed E-state index contributed by atoms with van der Waals surface area (Å²) < 4.78 is 0. The molecule has 1 aliphatic carbocycles. The maximum atomic E-state index is 11.7. The van der Waals surface area contributed by atoms with Gasteiger partial charge in [-0.1, -0.05) is 19.1 Å². The SMILES string of the molecule is CCC1C(=O)NC(=O)CC1C1CC=CCC1. The largest absolute Gasteiger partial charge is 0.296 e. The zero-order chi connectivity index (χ0) is 11.5. The lowest BCUT2D eigenvalue weighted by atomic mass is 9.71. The Morgan fingerprint density at radius 3 is 2.81 bits per heavy atom. The second kappa shape index (κ2) is 4.81. The van der Waals surface area contributed by atoms with Gasteiger partial charge in [0.15, 0.2) is 0 Å². The average Bonchev–Trinajstić information content (AvgIpc) is 2.29. The number of allylic oxidation sites excluding steroid dienone is 2. The van der Waals surface area contributed by atoms with E-state index in [-0.39, 0.29) is 23.7 Å². The number of hydrogen-bond acceptors (Lipinski definition) is 2. The van der Waals surface area contributed by atoms with E-state index in [1.807, 2.05) is 6.92 Å². The summed E-state index contributed by atoms with van der Waals surface area (Å²) in [5.74, 6) is 0.669. The summed E-state index contributed by atoms with van der Waals surface area (Å²) in [6, 6.07) is 0. The summed E-state index contributed by atoms with van der Waals surface area (Å²) in [7, 11) is 0. The van der Waals surface area contributed by atoms with Crippen LogP contribution in [0.25, 0.3) is 0 Å². The first-order valence-electron chi connectivity index (χ1n) is 6.21. The zero-order valence-electron chi connectivity index (χ0n) is 9.74. The molecule has 0 spiro atoms. The van der Waals surface area contributed by atoms with Gasteiger partial charge in [-0.3, -0.25) is 14.9 Å². The van der Waals surface area contributed by atoms with Gasteiger partial charge in [-0.2, -0.15) is 0 Å². The highest BCUT2D eigenvalue weighted by Gasteiger charge is 2.38. The lowest BCUT2D eigenvalue weighted by Crippen LogP contribution is -2.47. The number of hydrogen-bond donors (Lipinski definition) is 1. The van der Waals surface area contributed by atoms with Crippen molar-refractivity contribution in [1.82, 2.24) is 5.32 Å². The molecule has 0 saturated carbocycles. The quantitative estimate of drug-likeness (QED) is 0.573. The molecular formula is C13H19NO2. The van der Waals surface area contributed by atoms with Crippen LogP contribution in [0.4, 0.5) is 0 Å². The van der Waals surface area contributed by atoms with E-state index in [1.54, 1.807) is 0 Å². The Morgan fingerprint density at radius 1 is 1.38 bits per heavy atom.